The molecule has 2 rings (SSSR count). The lowest BCUT2D eigenvalue weighted by molar-refractivity contribution is 0.0744. The third-order valence-corrected chi connectivity index (χ3v) is 4.63. The van der Waals surface area contributed by atoms with Crippen LogP contribution in [0.2, 0.25) is 0 Å². The summed E-state index contributed by atoms with van der Waals surface area (Å²) in [6.45, 7) is 4.11. The largest absolute Gasteiger partial charge is 0.334 e. The Bertz CT molecular complexity index is 597. The number of rotatable bonds is 3. The number of nitrogens with zero attached hydrogens (tertiary/aromatic N) is 2. The number of hydrogen-bond donors (Lipinski definition) is 0. The van der Waals surface area contributed by atoms with Crippen molar-refractivity contribution in [1.82, 2.24) is 9.88 Å². The Hall–Kier alpha value is -1.20. The lowest BCUT2D eigenvalue weighted by Gasteiger charge is -2.24. The summed E-state index contributed by atoms with van der Waals surface area (Å²) in [6, 6.07) is 6.01. The number of halogens is 1. The number of amides is 1. The molecule has 0 aliphatic heterocycles. The van der Waals surface area contributed by atoms with Crippen LogP contribution in [-0.4, -0.2) is 22.8 Å². The second-order valence-electron chi connectivity index (χ2n) is 4.43. The van der Waals surface area contributed by atoms with Gasteiger partial charge >= 0.3 is 0 Å². The van der Waals surface area contributed by atoms with E-state index < -0.39 is 0 Å². The molecule has 1 atom stereocenters. The highest BCUT2D eigenvalue weighted by Crippen LogP contribution is 2.27. The summed E-state index contributed by atoms with van der Waals surface area (Å²) in [5.74, 6) is -0.0210. The van der Waals surface area contributed by atoms with Crippen molar-refractivity contribution in [2.24, 2.45) is 0 Å². The molecule has 19 heavy (non-hydrogen) atoms. The summed E-state index contributed by atoms with van der Waals surface area (Å²) in [6.07, 6.45) is 3.26. The average Bonchev–Trinajstić information content (AvgIpc) is 2.83. The molecule has 5 heteroatoms. The third kappa shape index (κ3) is 3.22. The SMILES string of the molecule is Cc1ccc(C(C)N(C)C(=O)c2cncc(Br)c2)s1. The molecule has 2 aromatic heterocycles. The van der Waals surface area contributed by atoms with Crippen LogP contribution in [0, 0.1) is 6.92 Å². The first-order valence-corrected chi connectivity index (χ1v) is 7.54. The van der Waals surface area contributed by atoms with Crippen LogP contribution in [0.1, 0.15) is 33.1 Å². The van der Waals surface area contributed by atoms with Crippen LogP contribution in [0.4, 0.5) is 0 Å². The van der Waals surface area contributed by atoms with E-state index in [4.69, 9.17) is 0 Å². The van der Waals surface area contributed by atoms with Crippen molar-refractivity contribution in [2.75, 3.05) is 7.05 Å². The summed E-state index contributed by atoms with van der Waals surface area (Å²) in [7, 11) is 1.82. The van der Waals surface area contributed by atoms with E-state index in [-0.39, 0.29) is 11.9 Å². The normalized spacial score (nSPS) is 12.2. The lowest BCUT2D eigenvalue weighted by Crippen LogP contribution is -2.29. The van der Waals surface area contributed by atoms with Gasteiger partial charge in [0.15, 0.2) is 0 Å². The predicted octanol–water partition coefficient (Wildman–Crippen LogP) is 4.05. The van der Waals surface area contributed by atoms with E-state index in [1.54, 1.807) is 34.7 Å². The smallest absolute Gasteiger partial charge is 0.255 e. The second-order valence-corrected chi connectivity index (χ2v) is 6.67. The van der Waals surface area contributed by atoms with Gasteiger partial charge in [-0.2, -0.15) is 0 Å². The van der Waals surface area contributed by atoms with E-state index in [1.165, 1.54) is 9.75 Å². The average molecular weight is 339 g/mol. The molecule has 0 saturated carbocycles. The highest BCUT2D eigenvalue weighted by Gasteiger charge is 2.20. The molecule has 0 aliphatic rings. The molecule has 2 aromatic rings. The van der Waals surface area contributed by atoms with Crippen molar-refractivity contribution < 1.29 is 4.79 Å². The highest BCUT2D eigenvalue weighted by molar-refractivity contribution is 9.10. The van der Waals surface area contributed by atoms with Gasteiger partial charge in [0.2, 0.25) is 0 Å². The molecule has 0 N–H and O–H groups in total. The summed E-state index contributed by atoms with van der Waals surface area (Å²) in [4.78, 5) is 20.6. The van der Waals surface area contributed by atoms with Crippen LogP contribution in [-0.2, 0) is 0 Å². The van der Waals surface area contributed by atoms with Gasteiger partial charge in [0.1, 0.15) is 0 Å². The van der Waals surface area contributed by atoms with Gasteiger partial charge in [-0.3, -0.25) is 9.78 Å². The van der Waals surface area contributed by atoms with Gasteiger partial charge in [0.05, 0.1) is 11.6 Å². The zero-order chi connectivity index (χ0) is 14.0. The van der Waals surface area contributed by atoms with Crippen molar-refractivity contribution in [3.63, 3.8) is 0 Å². The fourth-order valence-corrected chi connectivity index (χ4v) is 3.11. The number of hydrogen-bond acceptors (Lipinski definition) is 3. The topological polar surface area (TPSA) is 33.2 Å². The zero-order valence-corrected chi connectivity index (χ0v) is 13.5. The maximum Gasteiger partial charge on any atom is 0.255 e. The van der Waals surface area contributed by atoms with Gasteiger partial charge in [-0.15, -0.1) is 11.3 Å². The van der Waals surface area contributed by atoms with Crippen LogP contribution in [0.3, 0.4) is 0 Å². The van der Waals surface area contributed by atoms with Crippen molar-refractivity contribution in [2.45, 2.75) is 19.9 Å². The number of thiophene rings is 1. The molecule has 100 valence electrons. The van der Waals surface area contributed by atoms with Crippen molar-refractivity contribution in [1.29, 1.82) is 0 Å². The van der Waals surface area contributed by atoms with E-state index >= 15 is 0 Å². The number of aromatic nitrogens is 1. The second kappa shape index (κ2) is 5.84. The van der Waals surface area contributed by atoms with Crippen molar-refractivity contribution >= 4 is 33.2 Å². The first-order chi connectivity index (χ1) is 8.99. The molecule has 0 saturated heterocycles. The molecule has 0 bridgehead atoms. The zero-order valence-electron chi connectivity index (χ0n) is 11.1. The molecular weight excluding hydrogens is 324 g/mol. The quantitative estimate of drug-likeness (QED) is 0.845. The summed E-state index contributed by atoms with van der Waals surface area (Å²) < 4.78 is 0.811. The van der Waals surface area contributed by atoms with Crippen LogP contribution < -0.4 is 0 Å². The Morgan fingerprint density at radius 2 is 2.16 bits per heavy atom. The van der Waals surface area contributed by atoms with Gasteiger partial charge in [0.25, 0.3) is 5.91 Å². The Labute approximate surface area is 125 Å². The molecule has 1 unspecified atom stereocenters. The monoisotopic (exact) mass is 338 g/mol. The molecule has 0 aliphatic carbocycles. The number of aryl methyl sites for hydroxylation is 1. The molecule has 3 nitrogen and oxygen atoms in total. The molecule has 2 heterocycles. The number of carbonyl (C=O) groups excluding carboxylic acids is 1. The number of carbonyl (C=O) groups is 1. The first-order valence-electron chi connectivity index (χ1n) is 5.93. The highest BCUT2D eigenvalue weighted by atomic mass is 79.9. The summed E-state index contributed by atoms with van der Waals surface area (Å²) in [5.41, 5.74) is 0.594. The molecule has 0 fully saturated rings. The van der Waals surface area contributed by atoms with E-state index in [0.29, 0.717) is 5.56 Å². The minimum atomic E-state index is -0.0210. The summed E-state index contributed by atoms with van der Waals surface area (Å²) in [5, 5.41) is 0. The predicted molar refractivity (Wildman–Crippen MR) is 81.5 cm³/mol. The Balaban J connectivity index is 2.19. The van der Waals surface area contributed by atoms with Gasteiger partial charge in [0, 0.05) is 33.7 Å². The molecular formula is C14H15BrN2OS. The summed E-state index contributed by atoms with van der Waals surface area (Å²) >= 11 is 5.05. The maximum atomic E-state index is 12.4. The van der Waals surface area contributed by atoms with Crippen molar-refractivity contribution in [3.05, 3.63) is 50.4 Å². The van der Waals surface area contributed by atoms with E-state index in [2.05, 4.69) is 40.0 Å². The lowest BCUT2D eigenvalue weighted by atomic mass is 10.2. The minimum absolute atomic E-state index is 0.0210. The van der Waals surface area contributed by atoms with E-state index in [0.717, 1.165) is 4.47 Å². The van der Waals surface area contributed by atoms with Crippen LogP contribution in [0.15, 0.2) is 35.1 Å². The van der Waals surface area contributed by atoms with Crippen LogP contribution in [0.25, 0.3) is 0 Å². The molecule has 1 amide bonds. The standard InChI is InChI=1S/C14H15BrN2OS/c1-9-4-5-13(19-9)10(2)17(3)14(18)11-6-12(15)8-16-7-11/h4-8,10H,1-3H3. The first kappa shape index (κ1) is 14.2. The Kier molecular flexibility index (Phi) is 4.37. The maximum absolute atomic E-state index is 12.4. The molecule has 0 aromatic carbocycles. The Morgan fingerprint density at radius 1 is 1.42 bits per heavy atom. The molecule has 0 radical (unpaired) electrons. The Morgan fingerprint density at radius 3 is 2.74 bits per heavy atom. The minimum Gasteiger partial charge on any atom is -0.334 e. The third-order valence-electron chi connectivity index (χ3n) is 3.03. The fraction of sp³-hybridized carbons (Fsp3) is 0.286. The number of pyridine rings is 1. The molecule has 0 spiro atoms. The van der Waals surface area contributed by atoms with Gasteiger partial charge in [-0.05, 0) is 48.0 Å². The fourth-order valence-electron chi connectivity index (χ4n) is 1.78. The van der Waals surface area contributed by atoms with Crippen LogP contribution in [0.5, 0.6) is 0 Å². The van der Waals surface area contributed by atoms with Gasteiger partial charge in [-0.1, -0.05) is 0 Å². The van der Waals surface area contributed by atoms with Gasteiger partial charge < -0.3 is 4.90 Å². The van der Waals surface area contributed by atoms with E-state index in [1.807, 2.05) is 14.0 Å². The van der Waals surface area contributed by atoms with Gasteiger partial charge in [-0.25, -0.2) is 0 Å². The van der Waals surface area contributed by atoms with Crippen molar-refractivity contribution in [3.8, 4) is 0 Å². The van der Waals surface area contributed by atoms with Crippen LogP contribution >= 0.6 is 27.3 Å². The van der Waals surface area contributed by atoms with E-state index in [9.17, 15) is 4.79 Å².